The fourth-order valence-corrected chi connectivity index (χ4v) is 1.59. The highest BCUT2D eigenvalue weighted by Gasteiger charge is 2.15. The van der Waals surface area contributed by atoms with Crippen molar-refractivity contribution in [1.82, 2.24) is 9.71 Å². The van der Waals surface area contributed by atoms with Crippen LogP contribution in [0.25, 0.3) is 11.3 Å². The van der Waals surface area contributed by atoms with E-state index in [0.717, 1.165) is 6.20 Å². The van der Waals surface area contributed by atoms with Crippen molar-refractivity contribution in [2.45, 2.75) is 6.92 Å². The van der Waals surface area contributed by atoms with Gasteiger partial charge in [-0.25, -0.2) is 14.2 Å². The molecule has 1 aromatic heterocycles. The third-order valence-electron chi connectivity index (χ3n) is 2.54. The van der Waals surface area contributed by atoms with Crippen molar-refractivity contribution >= 4 is 5.97 Å². The number of carbonyl (C=O) groups excluding carboxylic acids is 1. The largest absolute Gasteiger partial charge is 0.461 e. The zero-order valence-electron chi connectivity index (χ0n) is 10.6. The summed E-state index contributed by atoms with van der Waals surface area (Å²) >= 11 is 0. The fourth-order valence-electron chi connectivity index (χ4n) is 1.59. The SMILES string of the molecule is CCOC(=O)c1nc(-c2ccc(F)cc2)cn(O)c1=N. The van der Waals surface area contributed by atoms with Crippen LogP contribution in [0.1, 0.15) is 17.4 Å². The summed E-state index contributed by atoms with van der Waals surface area (Å²) < 4.78 is 18.1. The minimum absolute atomic E-state index is 0.131. The molecular weight excluding hydrogens is 265 g/mol. The molecule has 0 aliphatic rings. The van der Waals surface area contributed by atoms with E-state index in [2.05, 4.69) is 4.98 Å². The van der Waals surface area contributed by atoms with E-state index in [1.165, 1.54) is 24.3 Å². The number of carbonyl (C=O) groups is 1. The van der Waals surface area contributed by atoms with Crippen LogP contribution >= 0.6 is 0 Å². The molecule has 0 bridgehead atoms. The highest BCUT2D eigenvalue weighted by Crippen LogP contribution is 2.16. The number of hydrogen-bond donors (Lipinski definition) is 2. The summed E-state index contributed by atoms with van der Waals surface area (Å²) in [4.78, 5) is 15.7. The summed E-state index contributed by atoms with van der Waals surface area (Å²) in [6.45, 7) is 1.75. The van der Waals surface area contributed by atoms with Crippen molar-refractivity contribution in [3.8, 4) is 11.3 Å². The average Bonchev–Trinajstić information content (AvgIpc) is 2.43. The van der Waals surface area contributed by atoms with Crippen LogP contribution in [0.15, 0.2) is 30.5 Å². The van der Waals surface area contributed by atoms with Crippen LogP contribution in [0.2, 0.25) is 0 Å². The minimum Gasteiger partial charge on any atom is -0.461 e. The number of nitrogens with one attached hydrogen (secondary N) is 1. The van der Waals surface area contributed by atoms with Crippen molar-refractivity contribution in [2.75, 3.05) is 6.61 Å². The van der Waals surface area contributed by atoms with E-state index >= 15 is 0 Å². The lowest BCUT2D eigenvalue weighted by Gasteiger charge is -2.07. The number of aromatic nitrogens is 2. The maximum absolute atomic E-state index is 12.9. The van der Waals surface area contributed by atoms with E-state index in [4.69, 9.17) is 10.1 Å². The van der Waals surface area contributed by atoms with Crippen LogP contribution in [0, 0.1) is 11.2 Å². The highest BCUT2D eigenvalue weighted by atomic mass is 19.1. The van der Waals surface area contributed by atoms with Gasteiger partial charge in [-0.3, -0.25) is 5.41 Å². The molecule has 20 heavy (non-hydrogen) atoms. The topological polar surface area (TPSA) is 88.2 Å². The number of nitrogens with zero attached hydrogens (tertiary/aromatic N) is 2. The van der Waals surface area contributed by atoms with Crippen LogP contribution in [-0.2, 0) is 4.74 Å². The smallest absolute Gasteiger partial charge is 0.360 e. The molecule has 2 aromatic rings. The quantitative estimate of drug-likeness (QED) is 0.658. The molecular formula is C13H12FN3O3. The Hall–Kier alpha value is -2.70. The molecule has 0 radical (unpaired) electrons. The number of hydrogen-bond acceptors (Lipinski definition) is 5. The number of rotatable bonds is 3. The Balaban J connectivity index is 2.53. The Kier molecular flexibility index (Phi) is 3.79. The molecule has 0 spiro atoms. The Labute approximate surface area is 113 Å². The van der Waals surface area contributed by atoms with Gasteiger partial charge in [0.2, 0.25) is 0 Å². The lowest BCUT2D eigenvalue weighted by Crippen LogP contribution is -2.28. The number of esters is 1. The molecule has 0 saturated carbocycles. The van der Waals surface area contributed by atoms with Gasteiger partial charge in [0.25, 0.3) is 0 Å². The zero-order valence-corrected chi connectivity index (χ0v) is 10.6. The molecule has 6 nitrogen and oxygen atoms in total. The average molecular weight is 277 g/mol. The molecule has 7 heteroatoms. The van der Waals surface area contributed by atoms with Gasteiger partial charge in [-0.05, 0) is 31.2 Å². The van der Waals surface area contributed by atoms with Gasteiger partial charge in [0.1, 0.15) is 5.82 Å². The Bertz CT molecular complexity index is 695. The van der Waals surface area contributed by atoms with E-state index in [9.17, 15) is 14.4 Å². The molecule has 0 saturated heterocycles. The molecule has 0 amide bonds. The Morgan fingerprint density at radius 3 is 2.70 bits per heavy atom. The van der Waals surface area contributed by atoms with Crippen molar-refractivity contribution < 1.29 is 19.1 Å². The van der Waals surface area contributed by atoms with Crippen molar-refractivity contribution in [2.24, 2.45) is 0 Å². The van der Waals surface area contributed by atoms with Gasteiger partial charge in [0.05, 0.1) is 18.5 Å². The monoisotopic (exact) mass is 277 g/mol. The molecule has 1 aromatic carbocycles. The van der Waals surface area contributed by atoms with Gasteiger partial charge < -0.3 is 9.94 Å². The van der Waals surface area contributed by atoms with Gasteiger partial charge in [0.15, 0.2) is 11.2 Å². The van der Waals surface area contributed by atoms with Crippen LogP contribution < -0.4 is 5.49 Å². The summed E-state index contributed by atoms with van der Waals surface area (Å²) in [5.74, 6) is -1.21. The van der Waals surface area contributed by atoms with E-state index in [-0.39, 0.29) is 18.0 Å². The third kappa shape index (κ3) is 2.66. The molecule has 0 atom stereocenters. The lowest BCUT2D eigenvalue weighted by molar-refractivity contribution is 0.0508. The van der Waals surface area contributed by atoms with Crippen molar-refractivity contribution in [3.05, 3.63) is 47.5 Å². The van der Waals surface area contributed by atoms with Crippen LogP contribution in [-0.4, -0.2) is 27.5 Å². The molecule has 0 unspecified atom stereocenters. The molecule has 2 rings (SSSR count). The minimum atomic E-state index is -0.802. The van der Waals surface area contributed by atoms with E-state index in [1.54, 1.807) is 6.92 Å². The van der Waals surface area contributed by atoms with E-state index < -0.39 is 17.3 Å². The van der Waals surface area contributed by atoms with Gasteiger partial charge >= 0.3 is 5.97 Å². The summed E-state index contributed by atoms with van der Waals surface area (Å²) in [6.07, 6.45) is 1.16. The fraction of sp³-hybridized carbons (Fsp3) is 0.154. The zero-order chi connectivity index (χ0) is 14.7. The summed E-state index contributed by atoms with van der Waals surface area (Å²) in [5, 5.41) is 17.2. The summed E-state index contributed by atoms with van der Waals surface area (Å²) in [6, 6.07) is 5.38. The number of benzene rings is 1. The van der Waals surface area contributed by atoms with E-state index in [1.807, 2.05) is 0 Å². The first-order valence-corrected chi connectivity index (χ1v) is 5.83. The van der Waals surface area contributed by atoms with Gasteiger partial charge in [0, 0.05) is 5.56 Å². The van der Waals surface area contributed by atoms with Crippen molar-refractivity contribution in [3.63, 3.8) is 0 Å². The second-order valence-corrected chi connectivity index (χ2v) is 3.90. The van der Waals surface area contributed by atoms with Crippen LogP contribution in [0.5, 0.6) is 0 Å². The molecule has 2 N–H and O–H groups in total. The molecule has 1 heterocycles. The standard InChI is InChI=1S/C13H12FN3O3/c1-2-20-13(18)11-12(15)17(19)7-10(16-11)8-3-5-9(14)6-4-8/h3-7,15,19H,2H2,1H3. The van der Waals surface area contributed by atoms with Gasteiger partial charge in [-0.2, -0.15) is 4.73 Å². The Morgan fingerprint density at radius 2 is 2.10 bits per heavy atom. The second kappa shape index (κ2) is 5.52. The summed E-state index contributed by atoms with van der Waals surface area (Å²) in [5.41, 5.74) is -0.0585. The van der Waals surface area contributed by atoms with E-state index in [0.29, 0.717) is 10.3 Å². The first-order valence-electron chi connectivity index (χ1n) is 5.83. The molecule has 0 aliphatic carbocycles. The second-order valence-electron chi connectivity index (χ2n) is 3.90. The van der Waals surface area contributed by atoms with Crippen molar-refractivity contribution in [1.29, 1.82) is 5.41 Å². The molecule has 0 aliphatic heterocycles. The first-order chi connectivity index (χ1) is 9.52. The predicted molar refractivity (Wildman–Crippen MR) is 66.6 cm³/mol. The predicted octanol–water partition coefficient (Wildman–Crippen LogP) is 1.58. The number of ether oxygens (including phenoxy) is 1. The number of halogens is 1. The highest BCUT2D eigenvalue weighted by molar-refractivity contribution is 5.87. The maximum atomic E-state index is 12.9. The molecule has 104 valence electrons. The maximum Gasteiger partial charge on any atom is 0.360 e. The summed E-state index contributed by atoms with van der Waals surface area (Å²) in [7, 11) is 0. The first kappa shape index (κ1) is 13.7. The molecule has 0 fully saturated rings. The lowest BCUT2D eigenvalue weighted by atomic mass is 10.1. The van der Waals surface area contributed by atoms with Crippen LogP contribution in [0.4, 0.5) is 4.39 Å². The third-order valence-corrected chi connectivity index (χ3v) is 2.54. The Morgan fingerprint density at radius 1 is 1.45 bits per heavy atom. The normalized spacial score (nSPS) is 10.3. The van der Waals surface area contributed by atoms with Gasteiger partial charge in [-0.1, -0.05) is 0 Å². The van der Waals surface area contributed by atoms with Gasteiger partial charge in [-0.15, -0.1) is 0 Å². The van der Waals surface area contributed by atoms with Crippen LogP contribution in [0.3, 0.4) is 0 Å².